The number of aromatic nitrogens is 2. The van der Waals surface area contributed by atoms with Crippen molar-refractivity contribution in [1.29, 1.82) is 0 Å². The van der Waals surface area contributed by atoms with Gasteiger partial charge in [-0.2, -0.15) is 13.2 Å². The van der Waals surface area contributed by atoms with Crippen LogP contribution in [0.1, 0.15) is 5.56 Å². The number of aromatic hydroxyl groups is 1. The second-order valence-electron chi connectivity index (χ2n) is 4.51. The van der Waals surface area contributed by atoms with E-state index >= 15 is 0 Å². The number of phenols is 1. The van der Waals surface area contributed by atoms with Gasteiger partial charge in [-0.05, 0) is 36.4 Å². The van der Waals surface area contributed by atoms with Crippen molar-refractivity contribution in [3.05, 3.63) is 58.5 Å². The van der Waals surface area contributed by atoms with Gasteiger partial charge in [0.05, 0.1) is 22.3 Å². The quantitative estimate of drug-likeness (QED) is 0.724. The zero-order chi connectivity index (χ0) is 15.2. The fourth-order valence-electron chi connectivity index (χ4n) is 2.15. The predicted molar refractivity (Wildman–Crippen MR) is 70.6 cm³/mol. The van der Waals surface area contributed by atoms with Crippen molar-refractivity contribution in [3.63, 3.8) is 0 Å². The number of aromatic amines is 1. The molecule has 0 radical (unpaired) electrons. The molecule has 2 N–H and O–H groups in total. The highest BCUT2D eigenvalue weighted by molar-refractivity contribution is 5.78. The highest BCUT2D eigenvalue weighted by Gasteiger charge is 2.30. The van der Waals surface area contributed by atoms with Crippen molar-refractivity contribution in [2.45, 2.75) is 6.18 Å². The number of hydrogen-bond donors (Lipinski definition) is 2. The molecule has 0 aliphatic heterocycles. The third kappa shape index (κ3) is 2.26. The smallest absolute Gasteiger partial charge is 0.416 e. The Balaban J connectivity index is 2.19. The lowest BCUT2D eigenvalue weighted by molar-refractivity contribution is -0.137. The first-order chi connectivity index (χ1) is 9.86. The van der Waals surface area contributed by atoms with E-state index in [1.165, 1.54) is 34.9 Å². The molecule has 0 atom stereocenters. The van der Waals surface area contributed by atoms with E-state index in [4.69, 9.17) is 0 Å². The number of H-pyrrole nitrogens is 1. The number of fused-ring (bicyclic) bond motifs is 1. The van der Waals surface area contributed by atoms with E-state index in [1.54, 1.807) is 0 Å². The average molecular weight is 294 g/mol. The molecule has 4 nitrogen and oxygen atoms in total. The molecule has 7 heteroatoms. The third-order valence-electron chi connectivity index (χ3n) is 3.12. The maximum absolute atomic E-state index is 12.5. The summed E-state index contributed by atoms with van der Waals surface area (Å²) < 4.78 is 38.8. The number of hydrogen-bond acceptors (Lipinski definition) is 2. The van der Waals surface area contributed by atoms with Gasteiger partial charge in [-0.1, -0.05) is 0 Å². The maximum Gasteiger partial charge on any atom is 0.416 e. The minimum absolute atomic E-state index is 0.0397. The molecule has 108 valence electrons. The van der Waals surface area contributed by atoms with Crippen LogP contribution in [0.25, 0.3) is 16.7 Å². The number of rotatable bonds is 1. The molecule has 1 heterocycles. The number of alkyl halides is 3. The standard InChI is InChI=1S/C14H9F3N2O2/c15-14(16,17)8-1-3-9(4-2-8)19-12-7-10(20)5-6-11(12)18-13(19)21/h1-7,20H,(H,18,21). The largest absolute Gasteiger partial charge is 0.508 e. The van der Waals surface area contributed by atoms with Crippen molar-refractivity contribution in [1.82, 2.24) is 9.55 Å². The topological polar surface area (TPSA) is 58.0 Å². The van der Waals surface area contributed by atoms with Gasteiger partial charge >= 0.3 is 11.9 Å². The van der Waals surface area contributed by atoms with Crippen molar-refractivity contribution >= 4 is 11.0 Å². The summed E-state index contributed by atoms with van der Waals surface area (Å²) in [5, 5.41) is 9.48. The van der Waals surface area contributed by atoms with Crippen molar-refractivity contribution in [3.8, 4) is 11.4 Å². The lowest BCUT2D eigenvalue weighted by atomic mass is 10.2. The molecule has 1 aromatic heterocycles. The van der Waals surface area contributed by atoms with E-state index in [0.717, 1.165) is 12.1 Å². The zero-order valence-corrected chi connectivity index (χ0v) is 10.5. The molecule has 0 amide bonds. The van der Waals surface area contributed by atoms with Crippen LogP contribution in [0.2, 0.25) is 0 Å². The van der Waals surface area contributed by atoms with Gasteiger partial charge in [-0.25, -0.2) is 4.79 Å². The van der Waals surface area contributed by atoms with Crippen LogP contribution in [-0.4, -0.2) is 14.7 Å². The Labute approximate surface area is 116 Å². The number of benzene rings is 2. The lowest BCUT2D eigenvalue weighted by Crippen LogP contribution is -2.15. The first kappa shape index (κ1) is 13.3. The molecule has 0 saturated carbocycles. The molecule has 0 aliphatic rings. The number of nitrogens with zero attached hydrogens (tertiary/aromatic N) is 1. The summed E-state index contributed by atoms with van der Waals surface area (Å²) in [6, 6.07) is 8.53. The van der Waals surface area contributed by atoms with E-state index in [-0.39, 0.29) is 11.4 Å². The van der Waals surface area contributed by atoms with E-state index < -0.39 is 17.4 Å². The predicted octanol–water partition coefficient (Wildman–Crippen LogP) is 3.04. The third-order valence-corrected chi connectivity index (χ3v) is 3.12. The summed E-state index contributed by atoms with van der Waals surface area (Å²) in [5.74, 6) is -0.0397. The average Bonchev–Trinajstić information content (AvgIpc) is 2.73. The van der Waals surface area contributed by atoms with E-state index in [9.17, 15) is 23.1 Å². The van der Waals surface area contributed by atoms with Crippen molar-refractivity contribution < 1.29 is 18.3 Å². The summed E-state index contributed by atoms with van der Waals surface area (Å²) in [7, 11) is 0. The molecule has 21 heavy (non-hydrogen) atoms. The van der Waals surface area contributed by atoms with Gasteiger partial charge in [-0.15, -0.1) is 0 Å². The van der Waals surface area contributed by atoms with Crippen LogP contribution in [0, 0.1) is 0 Å². The second kappa shape index (κ2) is 4.41. The Morgan fingerprint density at radius 3 is 2.33 bits per heavy atom. The molecule has 0 unspecified atom stereocenters. The molecule has 3 aromatic rings. The maximum atomic E-state index is 12.5. The van der Waals surface area contributed by atoms with E-state index in [2.05, 4.69) is 4.98 Å². The Morgan fingerprint density at radius 1 is 1.05 bits per heavy atom. The van der Waals surface area contributed by atoms with E-state index in [1.807, 2.05) is 0 Å². The van der Waals surface area contributed by atoms with Gasteiger partial charge < -0.3 is 10.1 Å². The van der Waals surface area contributed by atoms with Gasteiger partial charge in [0.1, 0.15) is 5.75 Å². The highest BCUT2D eigenvalue weighted by Crippen LogP contribution is 2.30. The summed E-state index contributed by atoms with van der Waals surface area (Å²) in [4.78, 5) is 14.5. The zero-order valence-electron chi connectivity index (χ0n) is 10.5. The van der Waals surface area contributed by atoms with Crippen LogP contribution in [0.15, 0.2) is 47.3 Å². The summed E-state index contributed by atoms with van der Waals surface area (Å²) in [6.45, 7) is 0. The molecule has 0 saturated heterocycles. The Kier molecular flexibility index (Phi) is 2.79. The molecule has 0 aliphatic carbocycles. The lowest BCUT2D eigenvalue weighted by Gasteiger charge is -2.08. The van der Waals surface area contributed by atoms with Gasteiger partial charge in [0.15, 0.2) is 0 Å². The first-order valence-electron chi connectivity index (χ1n) is 5.97. The van der Waals surface area contributed by atoms with Gasteiger partial charge in [0.25, 0.3) is 0 Å². The summed E-state index contributed by atoms with van der Waals surface area (Å²) >= 11 is 0. The fourth-order valence-corrected chi connectivity index (χ4v) is 2.15. The monoisotopic (exact) mass is 294 g/mol. The molecule has 0 bridgehead atoms. The van der Waals surface area contributed by atoms with Crippen LogP contribution in [0.5, 0.6) is 5.75 Å². The van der Waals surface area contributed by atoms with Gasteiger partial charge in [0, 0.05) is 6.07 Å². The van der Waals surface area contributed by atoms with Crippen molar-refractivity contribution in [2.24, 2.45) is 0 Å². The van der Waals surface area contributed by atoms with Gasteiger partial charge in [-0.3, -0.25) is 4.57 Å². The van der Waals surface area contributed by atoms with Crippen LogP contribution < -0.4 is 5.69 Å². The fraction of sp³-hybridized carbons (Fsp3) is 0.0714. The molecule has 2 aromatic carbocycles. The second-order valence-corrected chi connectivity index (χ2v) is 4.51. The number of halogens is 3. The van der Waals surface area contributed by atoms with Crippen LogP contribution >= 0.6 is 0 Å². The summed E-state index contributed by atoms with van der Waals surface area (Å²) in [6.07, 6.45) is -4.43. The minimum atomic E-state index is -4.43. The molecular formula is C14H9F3N2O2. The normalized spacial score (nSPS) is 12.0. The number of imidazole rings is 1. The molecule has 0 fully saturated rings. The van der Waals surface area contributed by atoms with Gasteiger partial charge in [0.2, 0.25) is 0 Å². The van der Waals surface area contributed by atoms with Crippen molar-refractivity contribution in [2.75, 3.05) is 0 Å². The SMILES string of the molecule is O=c1[nH]c2ccc(O)cc2n1-c1ccc(C(F)(F)F)cc1. The molecule has 0 spiro atoms. The minimum Gasteiger partial charge on any atom is -0.508 e. The number of nitrogens with one attached hydrogen (secondary N) is 1. The van der Waals surface area contributed by atoms with Crippen LogP contribution in [0.3, 0.4) is 0 Å². The van der Waals surface area contributed by atoms with E-state index in [0.29, 0.717) is 11.0 Å². The Morgan fingerprint density at radius 2 is 1.71 bits per heavy atom. The van der Waals surface area contributed by atoms with Crippen LogP contribution in [0.4, 0.5) is 13.2 Å². The Hall–Kier alpha value is -2.70. The summed E-state index contributed by atoms with van der Waals surface area (Å²) in [5.41, 5.74) is -0.125. The molecule has 3 rings (SSSR count). The molecular weight excluding hydrogens is 285 g/mol. The van der Waals surface area contributed by atoms with Crippen LogP contribution in [-0.2, 0) is 6.18 Å². The first-order valence-corrected chi connectivity index (χ1v) is 5.97. The Bertz CT molecular complexity index is 861. The highest BCUT2D eigenvalue weighted by atomic mass is 19.4. The number of phenolic OH excluding ortho intramolecular Hbond substituents is 1.